The van der Waals surface area contributed by atoms with E-state index in [1.54, 1.807) is 7.05 Å². The number of nitrogens with zero attached hydrogens (tertiary/aromatic N) is 3. The van der Waals surface area contributed by atoms with Gasteiger partial charge in [-0.15, -0.1) is 0 Å². The van der Waals surface area contributed by atoms with Crippen molar-refractivity contribution >= 4 is 5.96 Å². The van der Waals surface area contributed by atoms with Gasteiger partial charge in [-0.1, -0.05) is 48.5 Å². The van der Waals surface area contributed by atoms with Gasteiger partial charge in [0.15, 0.2) is 11.8 Å². The van der Waals surface area contributed by atoms with Crippen LogP contribution in [0.15, 0.2) is 65.9 Å². The first-order valence-electron chi connectivity index (χ1n) is 8.23. The summed E-state index contributed by atoms with van der Waals surface area (Å²) in [4.78, 5) is 8.50. The lowest BCUT2D eigenvalue weighted by Crippen LogP contribution is -2.38. The highest BCUT2D eigenvalue weighted by molar-refractivity contribution is 5.80. The quantitative estimate of drug-likeness (QED) is 0.495. The number of rotatable bonds is 5. The Balaban J connectivity index is 1.61. The molecule has 6 nitrogen and oxygen atoms in total. The molecule has 1 aromatic heterocycles. The highest BCUT2D eigenvalue weighted by Crippen LogP contribution is 2.15. The van der Waals surface area contributed by atoms with Crippen LogP contribution < -0.4 is 10.6 Å². The number of aliphatic imine (C=N–C) groups is 1. The van der Waals surface area contributed by atoms with Crippen molar-refractivity contribution in [1.29, 1.82) is 0 Å². The molecule has 3 N–H and O–H groups in total. The first-order chi connectivity index (χ1) is 12.3. The number of nitrogens with one attached hydrogen (secondary N) is 3. The number of aromatic amines is 1. The average Bonchev–Trinajstić information content (AvgIpc) is 3.21. The molecule has 0 amide bonds. The molecule has 0 saturated heterocycles. The Morgan fingerprint density at radius 2 is 2.00 bits per heavy atom. The first-order valence-corrected chi connectivity index (χ1v) is 8.23. The van der Waals surface area contributed by atoms with E-state index in [2.05, 4.69) is 62.0 Å². The van der Waals surface area contributed by atoms with Gasteiger partial charge < -0.3 is 10.6 Å². The molecule has 0 aliphatic rings. The van der Waals surface area contributed by atoms with Gasteiger partial charge in [0.25, 0.3) is 0 Å². The third-order valence-corrected chi connectivity index (χ3v) is 3.95. The first kappa shape index (κ1) is 16.7. The van der Waals surface area contributed by atoms with Crippen molar-refractivity contribution in [3.63, 3.8) is 0 Å². The minimum absolute atomic E-state index is 0.174. The Morgan fingerprint density at radius 3 is 2.72 bits per heavy atom. The van der Waals surface area contributed by atoms with Crippen molar-refractivity contribution in [3.05, 3.63) is 72.1 Å². The fourth-order valence-electron chi connectivity index (χ4n) is 2.58. The van der Waals surface area contributed by atoms with E-state index < -0.39 is 0 Å². The van der Waals surface area contributed by atoms with Crippen LogP contribution in [-0.2, 0) is 6.54 Å². The van der Waals surface area contributed by atoms with Crippen LogP contribution >= 0.6 is 0 Å². The molecule has 2 aromatic carbocycles. The van der Waals surface area contributed by atoms with Gasteiger partial charge in [-0.05, 0) is 24.1 Å². The number of hydrogen-bond donors (Lipinski definition) is 3. The standard InChI is InChI=1S/C19H22N6/c1-14(16-8-4-3-5-9-16)24-19(20-2)21-12-15-7-6-10-17(11-15)18-22-13-23-25-18/h3-11,13-14H,12H2,1-2H3,(H2,20,21,24)(H,22,23,25). The van der Waals surface area contributed by atoms with Crippen LogP contribution in [0.25, 0.3) is 11.4 Å². The van der Waals surface area contributed by atoms with Crippen LogP contribution in [0.2, 0.25) is 0 Å². The second-order valence-corrected chi connectivity index (χ2v) is 5.74. The van der Waals surface area contributed by atoms with Gasteiger partial charge in [0.05, 0.1) is 6.04 Å². The summed E-state index contributed by atoms with van der Waals surface area (Å²) < 4.78 is 0. The highest BCUT2D eigenvalue weighted by atomic mass is 15.2. The summed E-state index contributed by atoms with van der Waals surface area (Å²) in [6.07, 6.45) is 1.51. The second-order valence-electron chi connectivity index (χ2n) is 5.74. The van der Waals surface area contributed by atoms with Crippen molar-refractivity contribution in [2.24, 2.45) is 4.99 Å². The molecule has 1 heterocycles. The molecule has 0 aliphatic heterocycles. The summed E-state index contributed by atoms with van der Waals surface area (Å²) in [7, 11) is 1.78. The number of H-pyrrole nitrogens is 1. The summed E-state index contributed by atoms with van der Waals surface area (Å²) in [5.74, 6) is 1.53. The molecule has 0 radical (unpaired) electrons. The van der Waals surface area contributed by atoms with Crippen molar-refractivity contribution in [3.8, 4) is 11.4 Å². The molecule has 1 unspecified atom stereocenters. The minimum atomic E-state index is 0.174. The number of benzene rings is 2. The third kappa shape index (κ3) is 4.44. The predicted molar refractivity (Wildman–Crippen MR) is 100 cm³/mol. The fraction of sp³-hybridized carbons (Fsp3) is 0.211. The van der Waals surface area contributed by atoms with E-state index in [9.17, 15) is 0 Å². The zero-order valence-electron chi connectivity index (χ0n) is 14.4. The van der Waals surface area contributed by atoms with Gasteiger partial charge in [0, 0.05) is 19.2 Å². The van der Waals surface area contributed by atoms with Crippen molar-refractivity contribution < 1.29 is 0 Å². The summed E-state index contributed by atoms with van der Waals surface area (Å²) in [5, 5.41) is 13.5. The predicted octanol–water partition coefficient (Wildman–Crippen LogP) is 2.90. The monoisotopic (exact) mass is 334 g/mol. The van der Waals surface area contributed by atoms with Crippen molar-refractivity contribution in [2.45, 2.75) is 19.5 Å². The smallest absolute Gasteiger partial charge is 0.191 e. The SMILES string of the molecule is CN=C(NCc1cccc(-c2ncn[nH]2)c1)NC(C)c1ccccc1. The number of guanidine groups is 1. The van der Waals surface area contributed by atoms with Crippen LogP contribution in [0.5, 0.6) is 0 Å². The van der Waals surface area contributed by atoms with Crippen molar-refractivity contribution in [2.75, 3.05) is 7.05 Å². The van der Waals surface area contributed by atoms with E-state index in [1.165, 1.54) is 11.9 Å². The Labute approximate surface area is 147 Å². The van der Waals surface area contributed by atoms with Crippen LogP contribution in [-0.4, -0.2) is 28.2 Å². The normalized spacial score (nSPS) is 12.6. The van der Waals surface area contributed by atoms with Gasteiger partial charge in [-0.2, -0.15) is 5.10 Å². The van der Waals surface area contributed by atoms with Crippen LogP contribution in [0.1, 0.15) is 24.1 Å². The van der Waals surface area contributed by atoms with Gasteiger partial charge in [-0.3, -0.25) is 10.1 Å². The largest absolute Gasteiger partial charge is 0.352 e. The minimum Gasteiger partial charge on any atom is -0.352 e. The van der Waals surface area contributed by atoms with Crippen molar-refractivity contribution in [1.82, 2.24) is 25.8 Å². The third-order valence-electron chi connectivity index (χ3n) is 3.95. The molecular formula is C19H22N6. The topological polar surface area (TPSA) is 78.0 Å². The maximum Gasteiger partial charge on any atom is 0.191 e. The average molecular weight is 334 g/mol. The summed E-state index contributed by atoms with van der Waals surface area (Å²) in [6.45, 7) is 2.79. The Bertz CT molecular complexity index is 811. The van der Waals surface area contributed by atoms with E-state index in [1.807, 2.05) is 30.3 Å². The van der Waals surface area contributed by atoms with E-state index in [0.29, 0.717) is 6.54 Å². The van der Waals surface area contributed by atoms with Gasteiger partial charge in [-0.25, -0.2) is 4.98 Å². The molecular weight excluding hydrogens is 312 g/mol. The van der Waals surface area contributed by atoms with Crippen LogP contribution in [0.3, 0.4) is 0 Å². The Kier molecular flexibility index (Phi) is 5.41. The Hall–Kier alpha value is -3.15. The maximum atomic E-state index is 4.31. The zero-order valence-corrected chi connectivity index (χ0v) is 14.4. The van der Waals surface area contributed by atoms with E-state index >= 15 is 0 Å². The lowest BCUT2D eigenvalue weighted by molar-refractivity contribution is 0.685. The van der Waals surface area contributed by atoms with E-state index in [-0.39, 0.29) is 6.04 Å². The molecule has 0 bridgehead atoms. The Morgan fingerprint density at radius 1 is 1.16 bits per heavy atom. The second kappa shape index (κ2) is 8.10. The van der Waals surface area contributed by atoms with Gasteiger partial charge in [0.1, 0.15) is 6.33 Å². The molecule has 128 valence electrons. The highest BCUT2D eigenvalue weighted by Gasteiger charge is 2.07. The molecule has 1 atom stereocenters. The zero-order chi connectivity index (χ0) is 17.5. The molecule has 0 spiro atoms. The molecule has 0 aliphatic carbocycles. The van der Waals surface area contributed by atoms with Crippen LogP contribution in [0.4, 0.5) is 0 Å². The fourth-order valence-corrected chi connectivity index (χ4v) is 2.58. The van der Waals surface area contributed by atoms with Gasteiger partial charge >= 0.3 is 0 Å². The lowest BCUT2D eigenvalue weighted by Gasteiger charge is -2.18. The lowest BCUT2D eigenvalue weighted by atomic mass is 10.1. The molecule has 3 rings (SSSR count). The summed E-state index contributed by atoms with van der Waals surface area (Å²) in [5.41, 5.74) is 3.37. The number of hydrogen-bond acceptors (Lipinski definition) is 3. The maximum absolute atomic E-state index is 4.31. The molecule has 0 fully saturated rings. The molecule has 25 heavy (non-hydrogen) atoms. The molecule has 0 saturated carbocycles. The molecule has 6 heteroatoms. The van der Waals surface area contributed by atoms with Crippen LogP contribution in [0, 0.1) is 0 Å². The number of aromatic nitrogens is 3. The summed E-state index contributed by atoms with van der Waals surface area (Å²) >= 11 is 0. The van der Waals surface area contributed by atoms with E-state index in [4.69, 9.17) is 0 Å². The molecule has 3 aromatic rings. The van der Waals surface area contributed by atoms with Gasteiger partial charge in [0.2, 0.25) is 0 Å². The summed E-state index contributed by atoms with van der Waals surface area (Å²) in [6, 6.07) is 18.7. The van der Waals surface area contributed by atoms with E-state index in [0.717, 1.165) is 22.9 Å².